The summed E-state index contributed by atoms with van der Waals surface area (Å²) in [5.74, 6) is -0.266. The van der Waals surface area contributed by atoms with Crippen LogP contribution in [0, 0.1) is 0 Å². The zero-order valence-corrected chi connectivity index (χ0v) is 10.2. The molecule has 18 heavy (non-hydrogen) atoms. The molecule has 3 N–H and O–H groups in total. The van der Waals surface area contributed by atoms with E-state index in [2.05, 4.69) is 5.32 Å². The summed E-state index contributed by atoms with van der Waals surface area (Å²) in [4.78, 5) is 22.7. The van der Waals surface area contributed by atoms with Crippen LogP contribution in [-0.2, 0) is 14.1 Å². The molecule has 0 saturated carbocycles. The predicted molar refractivity (Wildman–Crippen MR) is 68.6 cm³/mol. The van der Waals surface area contributed by atoms with E-state index in [0.29, 0.717) is 22.8 Å². The van der Waals surface area contributed by atoms with Crippen LogP contribution in [0.1, 0.15) is 21.0 Å². The largest absolute Gasteiger partial charge is 0.397 e. The molecule has 0 aliphatic heterocycles. The number of nitrogens with two attached hydrogens (primary N) is 1. The number of amides is 1. The molecule has 2 heterocycles. The molecule has 1 amide bonds. The number of carbonyl (C=O) groups excluding carboxylic acids is 2. The van der Waals surface area contributed by atoms with Crippen molar-refractivity contribution < 1.29 is 9.59 Å². The van der Waals surface area contributed by atoms with Crippen LogP contribution in [0.2, 0.25) is 0 Å². The van der Waals surface area contributed by atoms with Gasteiger partial charge in [0.15, 0.2) is 6.29 Å². The maximum atomic E-state index is 12.0. The molecule has 0 fully saturated rings. The topological polar surface area (TPSA) is 82.0 Å². The van der Waals surface area contributed by atoms with Gasteiger partial charge in [-0.05, 0) is 12.1 Å². The number of aromatic nitrogens is 2. The van der Waals surface area contributed by atoms with Crippen LogP contribution >= 0.6 is 0 Å². The number of rotatable bonds is 3. The first kappa shape index (κ1) is 12.0. The molecule has 6 nitrogen and oxygen atoms in total. The lowest BCUT2D eigenvalue weighted by molar-refractivity contribution is 0.101. The number of aldehydes is 1. The molecule has 0 unspecified atom stereocenters. The summed E-state index contributed by atoms with van der Waals surface area (Å²) in [6.07, 6.45) is 4.07. The van der Waals surface area contributed by atoms with E-state index in [1.165, 1.54) is 0 Å². The van der Waals surface area contributed by atoms with Gasteiger partial charge in [0.05, 0.1) is 17.1 Å². The number of hydrogen-bond acceptors (Lipinski definition) is 3. The Morgan fingerprint density at radius 1 is 1.28 bits per heavy atom. The number of nitrogens with one attached hydrogen (secondary N) is 1. The van der Waals surface area contributed by atoms with Crippen LogP contribution in [0.4, 0.5) is 11.4 Å². The van der Waals surface area contributed by atoms with Gasteiger partial charge in [0.2, 0.25) is 0 Å². The lowest BCUT2D eigenvalue weighted by atomic mass is 10.3. The fourth-order valence-corrected chi connectivity index (χ4v) is 1.78. The molecular weight excluding hydrogens is 232 g/mol. The van der Waals surface area contributed by atoms with Crippen molar-refractivity contribution in [3.8, 4) is 0 Å². The molecule has 2 aromatic rings. The van der Waals surface area contributed by atoms with Gasteiger partial charge in [0.1, 0.15) is 5.69 Å². The predicted octanol–water partition coefficient (Wildman–Crippen LogP) is 1.01. The van der Waals surface area contributed by atoms with Crippen molar-refractivity contribution in [2.24, 2.45) is 14.1 Å². The number of hydrogen-bond donors (Lipinski definition) is 2. The SMILES string of the molecule is Cn1cc(NC(=O)c2cc(N)cn2C)cc1C=O. The van der Waals surface area contributed by atoms with E-state index >= 15 is 0 Å². The molecule has 0 bridgehead atoms. The molecule has 6 heteroatoms. The Morgan fingerprint density at radius 3 is 2.50 bits per heavy atom. The van der Waals surface area contributed by atoms with E-state index in [4.69, 9.17) is 5.73 Å². The second-order valence-corrected chi connectivity index (χ2v) is 4.11. The van der Waals surface area contributed by atoms with Gasteiger partial charge < -0.3 is 20.2 Å². The molecule has 0 spiro atoms. The van der Waals surface area contributed by atoms with Crippen molar-refractivity contribution in [3.05, 3.63) is 35.9 Å². The average molecular weight is 246 g/mol. The molecule has 0 aliphatic rings. The van der Waals surface area contributed by atoms with Gasteiger partial charge in [-0.1, -0.05) is 0 Å². The normalized spacial score (nSPS) is 10.3. The molecule has 0 aliphatic carbocycles. The number of carbonyl (C=O) groups is 2. The maximum Gasteiger partial charge on any atom is 0.272 e. The quantitative estimate of drug-likeness (QED) is 0.793. The minimum absolute atomic E-state index is 0.266. The Labute approximate surface area is 104 Å². The monoisotopic (exact) mass is 246 g/mol. The minimum atomic E-state index is -0.266. The minimum Gasteiger partial charge on any atom is -0.397 e. The van der Waals surface area contributed by atoms with Gasteiger partial charge >= 0.3 is 0 Å². The summed E-state index contributed by atoms with van der Waals surface area (Å²) in [5, 5.41) is 2.71. The highest BCUT2D eigenvalue weighted by Gasteiger charge is 2.12. The second kappa shape index (κ2) is 4.40. The van der Waals surface area contributed by atoms with Gasteiger partial charge in [-0.15, -0.1) is 0 Å². The average Bonchev–Trinajstić information content (AvgIpc) is 2.81. The van der Waals surface area contributed by atoms with Crippen LogP contribution in [-0.4, -0.2) is 21.3 Å². The molecule has 2 aromatic heterocycles. The van der Waals surface area contributed by atoms with E-state index in [0.717, 1.165) is 6.29 Å². The lowest BCUT2D eigenvalue weighted by Gasteiger charge is -2.03. The zero-order valence-electron chi connectivity index (χ0n) is 10.2. The van der Waals surface area contributed by atoms with Gasteiger partial charge in [-0.3, -0.25) is 9.59 Å². The van der Waals surface area contributed by atoms with E-state index in [-0.39, 0.29) is 5.91 Å². The van der Waals surface area contributed by atoms with Crippen LogP contribution in [0.15, 0.2) is 24.5 Å². The van der Waals surface area contributed by atoms with E-state index in [1.54, 1.807) is 47.8 Å². The first-order valence-electron chi connectivity index (χ1n) is 5.36. The fraction of sp³-hybridized carbons (Fsp3) is 0.167. The lowest BCUT2D eigenvalue weighted by Crippen LogP contribution is -2.14. The van der Waals surface area contributed by atoms with E-state index in [1.807, 2.05) is 0 Å². The standard InChI is InChI=1S/C12H14N4O2/c1-15-6-9(4-10(15)7-17)14-12(18)11-3-8(13)5-16(11)2/h3-7H,13H2,1-2H3,(H,14,18). The highest BCUT2D eigenvalue weighted by molar-refractivity contribution is 6.04. The van der Waals surface area contributed by atoms with Crippen molar-refractivity contribution in [2.75, 3.05) is 11.1 Å². The molecular formula is C12H14N4O2. The molecule has 94 valence electrons. The summed E-state index contributed by atoms with van der Waals surface area (Å²) in [6, 6.07) is 3.20. The van der Waals surface area contributed by atoms with Crippen LogP contribution in [0.5, 0.6) is 0 Å². The first-order valence-corrected chi connectivity index (χ1v) is 5.36. The van der Waals surface area contributed by atoms with Crippen molar-refractivity contribution in [2.45, 2.75) is 0 Å². The first-order chi connectivity index (χ1) is 8.51. The Kier molecular flexibility index (Phi) is 2.93. The van der Waals surface area contributed by atoms with Crippen LogP contribution < -0.4 is 11.1 Å². The third-order valence-electron chi connectivity index (χ3n) is 2.68. The summed E-state index contributed by atoms with van der Waals surface area (Å²) in [5.41, 5.74) is 7.67. The zero-order chi connectivity index (χ0) is 13.3. The summed E-state index contributed by atoms with van der Waals surface area (Å²) in [6.45, 7) is 0. The Morgan fingerprint density at radius 2 is 2.00 bits per heavy atom. The Balaban J connectivity index is 2.21. The molecule has 2 rings (SSSR count). The van der Waals surface area contributed by atoms with Crippen LogP contribution in [0.25, 0.3) is 0 Å². The highest BCUT2D eigenvalue weighted by Crippen LogP contribution is 2.14. The van der Waals surface area contributed by atoms with Gasteiger partial charge in [-0.2, -0.15) is 0 Å². The van der Waals surface area contributed by atoms with Crippen molar-refractivity contribution >= 4 is 23.6 Å². The number of anilines is 2. The van der Waals surface area contributed by atoms with Crippen molar-refractivity contribution in [1.29, 1.82) is 0 Å². The number of aryl methyl sites for hydroxylation is 2. The van der Waals surface area contributed by atoms with E-state index in [9.17, 15) is 9.59 Å². The number of nitrogen functional groups attached to an aromatic ring is 1. The fourth-order valence-electron chi connectivity index (χ4n) is 1.78. The van der Waals surface area contributed by atoms with Crippen LogP contribution in [0.3, 0.4) is 0 Å². The maximum absolute atomic E-state index is 12.0. The third kappa shape index (κ3) is 2.13. The molecule has 0 saturated heterocycles. The summed E-state index contributed by atoms with van der Waals surface area (Å²) >= 11 is 0. The highest BCUT2D eigenvalue weighted by atomic mass is 16.2. The van der Waals surface area contributed by atoms with Gasteiger partial charge in [0, 0.05) is 26.5 Å². The molecule has 0 radical (unpaired) electrons. The van der Waals surface area contributed by atoms with E-state index < -0.39 is 0 Å². The van der Waals surface area contributed by atoms with Gasteiger partial charge in [-0.25, -0.2) is 0 Å². The second-order valence-electron chi connectivity index (χ2n) is 4.11. The van der Waals surface area contributed by atoms with Crippen molar-refractivity contribution in [3.63, 3.8) is 0 Å². The Hall–Kier alpha value is -2.50. The Bertz CT molecular complexity index is 610. The summed E-state index contributed by atoms with van der Waals surface area (Å²) in [7, 11) is 3.48. The summed E-state index contributed by atoms with van der Waals surface area (Å²) < 4.78 is 3.29. The molecule has 0 aromatic carbocycles. The van der Waals surface area contributed by atoms with Crippen molar-refractivity contribution in [1.82, 2.24) is 9.13 Å². The number of nitrogens with zero attached hydrogens (tertiary/aromatic N) is 2. The van der Waals surface area contributed by atoms with Gasteiger partial charge in [0.25, 0.3) is 5.91 Å². The smallest absolute Gasteiger partial charge is 0.272 e. The molecule has 0 atom stereocenters. The third-order valence-corrected chi connectivity index (χ3v) is 2.68.